The fourth-order valence-corrected chi connectivity index (χ4v) is 4.43. The number of hydrogen-bond acceptors (Lipinski definition) is 4. The van der Waals surface area contributed by atoms with Gasteiger partial charge in [0.15, 0.2) is 5.69 Å². The van der Waals surface area contributed by atoms with Crippen molar-refractivity contribution in [1.29, 1.82) is 0 Å². The van der Waals surface area contributed by atoms with E-state index in [0.29, 0.717) is 12.3 Å². The van der Waals surface area contributed by atoms with E-state index in [2.05, 4.69) is 15.9 Å². The van der Waals surface area contributed by atoms with Crippen LogP contribution in [0.1, 0.15) is 17.4 Å². The number of carbonyl (C=O) groups excluding carboxylic acids is 1. The molecular weight excluding hydrogens is 436 g/mol. The van der Waals surface area contributed by atoms with Gasteiger partial charge in [-0.1, -0.05) is 48.5 Å². The van der Waals surface area contributed by atoms with Crippen LogP contribution in [0.25, 0.3) is 27.4 Å². The van der Waals surface area contributed by atoms with Crippen molar-refractivity contribution in [1.82, 2.24) is 9.78 Å². The van der Waals surface area contributed by atoms with E-state index in [9.17, 15) is 4.79 Å². The Morgan fingerprint density at radius 3 is 2.32 bits per heavy atom. The molecule has 4 rings (SSSR count). The third kappa shape index (κ3) is 3.53. The molecule has 0 aliphatic carbocycles. The van der Waals surface area contributed by atoms with E-state index in [4.69, 9.17) is 9.84 Å². The molecule has 140 valence electrons. The molecule has 6 heteroatoms. The molecule has 0 radical (unpaired) electrons. The summed E-state index contributed by atoms with van der Waals surface area (Å²) < 4.78 is 8.09. The molecule has 28 heavy (non-hydrogen) atoms. The summed E-state index contributed by atoms with van der Waals surface area (Å²) in [5, 5.41) is 4.85. The van der Waals surface area contributed by atoms with Crippen LogP contribution in [0.2, 0.25) is 0 Å². The molecule has 2 aromatic carbocycles. The minimum absolute atomic E-state index is 0.299. The van der Waals surface area contributed by atoms with Crippen LogP contribution in [0.4, 0.5) is 0 Å². The van der Waals surface area contributed by atoms with E-state index in [0.717, 1.165) is 31.2 Å². The Kier molecular flexibility index (Phi) is 5.41. The molecule has 0 fully saturated rings. The quantitative estimate of drug-likeness (QED) is 0.338. The molecule has 0 N–H and O–H groups in total. The molecule has 4 aromatic rings. The van der Waals surface area contributed by atoms with Crippen LogP contribution in [-0.4, -0.2) is 22.4 Å². The number of halogens is 1. The van der Waals surface area contributed by atoms with Crippen molar-refractivity contribution in [3.8, 4) is 27.4 Å². The highest BCUT2D eigenvalue weighted by molar-refractivity contribution is 9.11. The van der Waals surface area contributed by atoms with Crippen molar-refractivity contribution >= 4 is 33.2 Å². The zero-order valence-corrected chi connectivity index (χ0v) is 17.5. The summed E-state index contributed by atoms with van der Waals surface area (Å²) in [4.78, 5) is 14.0. The smallest absolute Gasteiger partial charge is 0.357 e. The lowest BCUT2D eigenvalue weighted by molar-refractivity contribution is 0.0516. The first-order valence-corrected chi connectivity index (χ1v) is 10.5. The molecule has 0 bridgehead atoms. The number of carbonyl (C=O) groups is 1. The number of hydrogen-bond donors (Lipinski definition) is 0. The van der Waals surface area contributed by atoms with Gasteiger partial charge in [0, 0.05) is 5.56 Å². The van der Waals surface area contributed by atoms with Crippen LogP contribution < -0.4 is 0 Å². The van der Waals surface area contributed by atoms with Crippen molar-refractivity contribution in [3.05, 3.63) is 82.3 Å². The van der Waals surface area contributed by atoms with Crippen LogP contribution in [0.3, 0.4) is 0 Å². The molecule has 2 aromatic heterocycles. The number of nitrogens with zero attached hydrogens (tertiary/aromatic N) is 2. The van der Waals surface area contributed by atoms with Gasteiger partial charge in [-0.15, -0.1) is 11.3 Å². The second kappa shape index (κ2) is 8.12. The number of rotatable bonds is 5. The minimum atomic E-state index is -0.389. The van der Waals surface area contributed by atoms with Gasteiger partial charge in [-0.05, 0) is 52.7 Å². The summed E-state index contributed by atoms with van der Waals surface area (Å²) in [7, 11) is 0. The lowest BCUT2D eigenvalue weighted by Gasteiger charge is -2.09. The Morgan fingerprint density at radius 2 is 1.71 bits per heavy atom. The molecule has 2 heterocycles. The van der Waals surface area contributed by atoms with Gasteiger partial charge in [0.25, 0.3) is 0 Å². The summed E-state index contributed by atoms with van der Waals surface area (Å²) >= 11 is 5.11. The Morgan fingerprint density at radius 1 is 1.04 bits per heavy atom. The van der Waals surface area contributed by atoms with E-state index in [-0.39, 0.29) is 5.97 Å². The van der Waals surface area contributed by atoms with Gasteiger partial charge < -0.3 is 4.74 Å². The Labute approximate surface area is 175 Å². The minimum Gasteiger partial charge on any atom is -0.461 e. The second-order valence-corrected chi connectivity index (χ2v) is 8.47. The van der Waals surface area contributed by atoms with Crippen molar-refractivity contribution in [3.63, 3.8) is 0 Å². The summed E-state index contributed by atoms with van der Waals surface area (Å²) in [5.74, 6) is -0.389. The topological polar surface area (TPSA) is 44.1 Å². The standard InChI is InChI=1S/C22H17BrN2O2S/c1-2-27-22(26)21-19(15-9-5-3-6-10-15)20(17-13-14-18(23)28-17)24-25(21)16-11-7-4-8-12-16/h3-14H,2H2,1H3. The monoisotopic (exact) mass is 452 g/mol. The Hall–Kier alpha value is -2.70. The lowest BCUT2D eigenvalue weighted by Crippen LogP contribution is -2.13. The maximum atomic E-state index is 13.0. The van der Waals surface area contributed by atoms with Gasteiger partial charge >= 0.3 is 5.97 Å². The molecule has 0 amide bonds. The van der Waals surface area contributed by atoms with Crippen LogP contribution in [0.5, 0.6) is 0 Å². The summed E-state index contributed by atoms with van der Waals surface area (Å²) in [6, 6.07) is 23.5. The lowest BCUT2D eigenvalue weighted by atomic mass is 10.0. The zero-order chi connectivity index (χ0) is 19.5. The van der Waals surface area contributed by atoms with E-state index < -0.39 is 0 Å². The molecule has 4 nitrogen and oxygen atoms in total. The van der Waals surface area contributed by atoms with E-state index in [1.807, 2.05) is 72.8 Å². The van der Waals surface area contributed by atoms with Gasteiger partial charge in [-0.25, -0.2) is 9.48 Å². The summed E-state index contributed by atoms with van der Waals surface area (Å²) in [6.07, 6.45) is 0. The van der Waals surface area contributed by atoms with Crippen LogP contribution in [-0.2, 0) is 4.74 Å². The van der Waals surface area contributed by atoms with Gasteiger partial charge in [-0.3, -0.25) is 0 Å². The molecule has 0 aliphatic heterocycles. The first-order valence-electron chi connectivity index (χ1n) is 8.85. The van der Waals surface area contributed by atoms with E-state index in [1.54, 1.807) is 22.9 Å². The van der Waals surface area contributed by atoms with E-state index in [1.165, 1.54) is 0 Å². The average molecular weight is 453 g/mol. The number of para-hydroxylation sites is 1. The normalized spacial score (nSPS) is 10.8. The molecular formula is C22H17BrN2O2S. The predicted molar refractivity (Wildman–Crippen MR) is 116 cm³/mol. The number of ether oxygens (including phenoxy) is 1. The van der Waals surface area contributed by atoms with Crippen LogP contribution >= 0.6 is 27.3 Å². The van der Waals surface area contributed by atoms with Gasteiger partial charge in [0.05, 0.1) is 21.0 Å². The number of aromatic nitrogens is 2. The second-order valence-electron chi connectivity index (χ2n) is 6.01. The van der Waals surface area contributed by atoms with Gasteiger partial charge in [-0.2, -0.15) is 5.10 Å². The first kappa shape index (κ1) is 18.7. The first-order chi connectivity index (χ1) is 13.7. The SMILES string of the molecule is CCOC(=O)c1c(-c2ccccc2)c(-c2ccc(Br)s2)nn1-c1ccccc1. The zero-order valence-electron chi connectivity index (χ0n) is 15.1. The van der Waals surface area contributed by atoms with Crippen molar-refractivity contribution in [2.75, 3.05) is 6.61 Å². The van der Waals surface area contributed by atoms with Crippen molar-refractivity contribution in [2.45, 2.75) is 6.92 Å². The fourth-order valence-electron chi connectivity index (χ4n) is 3.05. The maximum absolute atomic E-state index is 13.0. The highest BCUT2D eigenvalue weighted by Gasteiger charge is 2.28. The largest absolute Gasteiger partial charge is 0.461 e. The highest BCUT2D eigenvalue weighted by atomic mass is 79.9. The van der Waals surface area contributed by atoms with Gasteiger partial charge in [0.2, 0.25) is 0 Å². The molecule has 0 saturated heterocycles. The molecule has 0 spiro atoms. The third-order valence-corrected chi connectivity index (χ3v) is 5.85. The Balaban J connectivity index is 2.05. The average Bonchev–Trinajstić information content (AvgIpc) is 3.33. The summed E-state index contributed by atoms with van der Waals surface area (Å²) in [5.41, 5.74) is 3.70. The third-order valence-electron chi connectivity index (χ3n) is 4.22. The fraction of sp³-hybridized carbons (Fsp3) is 0.0909. The number of thiophene rings is 1. The van der Waals surface area contributed by atoms with Gasteiger partial charge in [0.1, 0.15) is 5.69 Å². The molecule has 0 aliphatic rings. The van der Waals surface area contributed by atoms with E-state index >= 15 is 0 Å². The van der Waals surface area contributed by atoms with Crippen molar-refractivity contribution < 1.29 is 9.53 Å². The van der Waals surface area contributed by atoms with Crippen LogP contribution in [0.15, 0.2) is 76.6 Å². The number of benzene rings is 2. The predicted octanol–water partition coefficient (Wildman–Crippen LogP) is 6.21. The van der Waals surface area contributed by atoms with Crippen LogP contribution in [0, 0.1) is 0 Å². The number of esters is 1. The molecule has 0 atom stereocenters. The Bertz CT molecular complexity index is 1100. The molecule has 0 unspecified atom stereocenters. The summed E-state index contributed by atoms with van der Waals surface area (Å²) in [6.45, 7) is 2.10. The maximum Gasteiger partial charge on any atom is 0.357 e. The van der Waals surface area contributed by atoms with Crippen molar-refractivity contribution in [2.24, 2.45) is 0 Å². The highest BCUT2D eigenvalue weighted by Crippen LogP contribution is 2.40. The molecule has 0 saturated carbocycles.